The standard InChI is InChI=1S/C30H36N4O4/c1-23-21-35-27-11-7-9-25(29(23)27)31-37-19-5-3-13-33-15-17-34(18-16-33)14-4-6-20-38-32-26-10-8-12-28-30(26)24(2)22-36-28/h21-22H,7-20H2,1-2H3/b31-25+,32-26+. The third-order valence-corrected chi connectivity index (χ3v) is 7.26. The van der Waals surface area contributed by atoms with Crippen molar-refractivity contribution < 1.29 is 18.5 Å². The summed E-state index contributed by atoms with van der Waals surface area (Å²) in [6.07, 6.45) is 9.48. The molecule has 8 nitrogen and oxygen atoms in total. The lowest BCUT2D eigenvalue weighted by molar-refractivity contribution is 0.156. The van der Waals surface area contributed by atoms with Gasteiger partial charge in [0.2, 0.25) is 0 Å². The second-order valence-electron chi connectivity index (χ2n) is 10.0. The Morgan fingerprint density at radius 1 is 0.684 bits per heavy atom. The molecule has 1 aliphatic heterocycles. The van der Waals surface area contributed by atoms with Crippen LogP contribution in [0.5, 0.6) is 0 Å². The largest absolute Gasteiger partial charge is 0.468 e. The lowest BCUT2D eigenvalue weighted by Crippen LogP contribution is -2.46. The summed E-state index contributed by atoms with van der Waals surface area (Å²) in [6.45, 7) is 10.1. The van der Waals surface area contributed by atoms with Gasteiger partial charge >= 0.3 is 0 Å². The van der Waals surface area contributed by atoms with E-state index in [-0.39, 0.29) is 0 Å². The fraction of sp³-hybridized carbons (Fsp3) is 0.533. The van der Waals surface area contributed by atoms with Crippen LogP contribution in [0.3, 0.4) is 0 Å². The zero-order valence-corrected chi connectivity index (χ0v) is 22.5. The summed E-state index contributed by atoms with van der Waals surface area (Å²) in [6, 6.07) is 0. The average Bonchev–Trinajstić information content (AvgIpc) is 3.52. The third-order valence-electron chi connectivity index (χ3n) is 7.26. The number of aryl methyl sites for hydroxylation is 4. The van der Waals surface area contributed by atoms with Gasteiger partial charge in [0.25, 0.3) is 0 Å². The van der Waals surface area contributed by atoms with Crippen molar-refractivity contribution in [2.24, 2.45) is 10.3 Å². The molecule has 0 radical (unpaired) electrons. The average molecular weight is 517 g/mol. The molecule has 0 bridgehead atoms. The Bertz CT molecular complexity index is 1190. The van der Waals surface area contributed by atoms with Crippen LogP contribution in [0.25, 0.3) is 0 Å². The van der Waals surface area contributed by atoms with E-state index in [1.54, 1.807) is 12.5 Å². The van der Waals surface area contributed by atoms with E-state index in [0.29, 0.717) is 13.2 Å². The van der Waals surface area contributed by atoms with Gasteiger partial charge in [-0.2, -0.15) is 0 Å². The van der Waals surface area contributed by atoms with Crippen molar-refractivity contribution in [3.63, 3.8) is 0 Å². The molecule has 1 saturated heterocycles. The van der Waals surface area contributed by atoms with Gasteiger partial charge in [-0.3, -0.25) is 9.80 Å². The maximum absolute atomic E-state index is 5.61. The summed E-state index contributed by atoms with van der Waals surface area (Å²) in [4.78, 5) is 15.7. The maximum atomic E-state index is 5.61. The highest BCUT2D eigenvalue weighted by molar-refractivity contribution is 6.03. The van der Waals surface area contributed by atoms with Gasteiger partial charge in [-0.05, 0) is 50.7 Å². The molecule has 1 fully saturated rings. The fourth-order valence-corrected chi connectivity index (χ4v) is 5.23. The van der Waals surface area contributed by atoms with E-state index in [1.807, 2.05) is 0 Å². The highest BCUT2D eigenvalue weighted by atomic mass is 16.6. The van der Waals surface area contributed by atoms with Crippen LogP contribution in [0.2, 0.25) is 0 Å². The van der Waals surface area contributed by atoms with Gasteiger partial charge in [-0.25, -0.2) is 0 Å². The molecule has 2 aliphatic carbocycles. The molecule has 2 aromatic heterocycles. The Hall–Kier alpha value is -3.46. The molecule has 0 aromatic carbocycles. The van der Waals surface area contributed by atoms with Gasteiger partial charge in [0.05, 0.1) is 37.0 Å². The number of nitrogens with zero attached hydrogens (tertiary/aromatic N) is 4. The molecule has 8 heteroatoms. The van der Waals surface area contributed by atoms with Crippen LogP contribution in [0.15, 0.2) is 31.7 Å². The monoisotopic (exact) mass is 516 g/mol. The lowest BCUT2D eigenvalue weighted by Gasteiger charge is -2.32. The van der Waals surface area contributed by atoms with Crippen molar-refractivity contribution in [1.29, 1.82) is 0 Å². The molecule has 3 heterocycles. The lowest BCUT2D eigenvalue weighted by atomic mass is 9.94. The molecular formula is C30H36N4O4. The number of oxime groups is 2. The van der Waals surface area contributed by atoms with E-state index in [0.717, 1.165) is 123 Å². The van der Waals surface area contributed by atoms with Gasteiger partial charge in [0.1, 0.15) is 11.5 Å². The topological polar surface area (TPSA) is 75.9 Å². The minimum absolute atomic E-state index is 0.307. The van der Waals surface area contributed by atoms with Crippen LogP contribution in [0.1, 0.15) is 59.5 Å². The molecule has 38 heavy (non-hydrogen) atoms. The molecule has 3 aliphatic rings. The number of piperazine rings is 1. The Kier molecular flexibility index (Phi) is 8.86. The predicted octanol–water partition coefficient (Wildman–Crippen LogP) is 3.93. The smallest absolute Gasteiger partial charge is 0.177 e. The highest BCUT2D eigenvalue weighted by Gasteiger charge is 2.22. The zero-order valence-electron chi connectivity index (χ0n) is 22.5. The minimum Gasteiger partial charge on any atom is -0.468 e. The molecule has 200 valence electrons. The number of rotatable bonds is 6. The second-order valence-corrected chi connectivity index (χ2v) is 10.0. The molecule has 0 unspecified atom stereocenters. The van der Waals surface area contributed by atoms with Crippen molar-refractivity contribution in [2.45, 2.75) is 52.4 Å². The minimum atomic E-state index is 0.307. The molecule has 2 aromatic rings. The predicted molar refractivity (Wildman–Crippen MR) is 146 cm³/mol. The number of hydrogen-bond acceptors (Lipinski definition) is 8. The summed E-state index contributed by atoms with van der Waals surface area (Å²) in [7, 11) is 0. The maximum Gasteiger partial charge on any atom is 0.177 e. The van der Waals surface area contributed by atoms with Crippen molar-refractivity contribution in [3.05, 3.63) is 46.3 Å². The first-order valence-electron chi connectivity index (χ1n) is 13.6. The summed E-state index contributed by atoms with van der Waals surface area (Å²) in [5.41, 5.74) is 6.45. The summed E-state index contributed by atoms with van der Waals surface area (Å²) in [5, 5.41) is 8.67. The van der Waals surface area contributed by atoms with Crippen LogP contribution in [-0.4, -0.2) is 73.7 Å². The van der Waals surface area contributed by atoms with Gasteiger partial charge < -0.3 is 18.5 Å². The molecular weight excluding hydrogens is 480 g/mol. The van der Waals surface area contributed by atoms with Gasteiger partial charge in [0, 0.05) is 50.1 Å². The Morgan fingerprint density at radius 3 is 1.58 bits per heavy atom. The summed E-state index contributed by atoms with van der Waals surface area (Å²) in [5.74, 6) is 14.7. The SMILES string of the molecule is Cc1coc2c1/C(=N/OCC#CCN1CCN(CC#CCO/N=C3\CCCc4occ(C)c43)CC1)CCC2. The van der Waals surface area contributed by atoms with Gasteiger partial charge in [-0.15, -0.1) is 0 Å². The van der Waals surface area contributed by atoms with E-state index < -0.39 is 0 Å². The number of furan rings is 2. The van der Waals surface area contributed by atoms with Crippen LogP contribution >= 0.6 is 0 Å². The van der Waals surface area contributed by atoms with Crippen molar-refractivity contribution in [3.8, 4) is 23.7 Å². The highest BCUT2D eigenvalue weighted by Crippen LogP contribution is 2.27. The number of hydrogen-bond donors (Lipinski definition) is 0. The molecule has 0 spiro atoms. The first-order chi connectivity index (χ1) is 18.7. The van der Waals surface area contributed by atoms with Gasteiger partial charge in [0.15, 0.2) is 13.2 Å². The van der Waals surface area contributed by atoms with E-state index in [1.165, 1.54) is 0 Å². The third kappa shape index (κ3) is 6.51. The zero-order chi connectivity index (χ0) is 26.2. The molecule has 0 N–H and O–H groups in total. The van der Waals surface area contributed by atoms with Crippen molar-refractivity contribution in [1.82, 2.24) is 9.80 Å². The van der Waals surface area contributed by atoms with Gasteiger partial charge in [-0.1, -0.05) is 34.0 Å². The fourth-order valence-electron chi connectivity index (χ4n) is 5.23. The van der Waals surface area contributed by atoms with E-state index in [2.05, 4.69) is 57.6 Å². The second kappa shape index (κ2) is 12.9. The van der Waals surface area contributed by atoms with E-state index in [4.69, 9.17) is 18.5 Å². The summed E-state index contributed by atoms with van der Waals surface area (Å²) < 4.78 is 11.2. The first kappa shape index (κ1) is 26.2. The quantitative estimate of drug-likeness (QED) is 0.329. The van der Waals surface area contributed by atoms with E-state index in [9.17, 15) is 0 Å². The van der Waals surface area contributed by atoms with Crippen LogP contribution in [-0.2, 0) is 22.5 Å². The molecule has 5 rings (SSSR count). The Labute approximate surface area is 225 Å². The Balaban J connectivity index is 0.961. The van der Waals surface area contributed by atoms with Crippen LogP contribution in [0.4, 0.5) is 0 Å². The molecule has 0 atom stereocenters. The van der Waals surface area contributed by atoms with E-state index >= 15 is 0 Å². The van der Waals surface area contributed by atoms with Crippen LogP contribution in [0, 0.1) is 37.5 Å². The first-order valence-corrected chi connectivity index (χ1v) is 13.6. The van der Waals surface area contributed by atoms with Crippen LogP contribution < -0.4 is 0 Å². The van der Waals surface area contributed by atoms with Crippen molar-refractivity contribution >= 4 is 11.4 Å². The molecule has 0 amide bonds. The summed E-state index contributed by atoms with van der Waals surface area (Å²) >= 11 is 0. The number of fused-ring (bicyclic) bond motifs is 2. The Morgan fingerprint density at radius 2 is 1.13 bits per heavy atom. The van der Waals surface area contributed by atoms with Crippen molar-refractivity contribution in [2.75, 3.05) is 52.5 Å². The molecule has 0 saturated carbocycles. The normalized spacial score (nSPS) is 19.7.